The number of rotatable bonds is 4. The zero-order chi connectivity index (χ0) is 7.28. The lowest BCUT2D eigenvalue weighted by molar-refractivity contribution is 0.524. The fourth-order valence-corrected chi connectivity index (χ4v) is 1.09. The fourth-order valence-electron chi connectivity index (χ4n) is 1.09. The molecule has 0 N–H and O–H groups in total. The summed E-state index contributed by atoms with van der Waals surface area (Å²) in [4.78, 5) is 0. The Morgan fingerprint density at radius 3 is 2.44 bits per heavy atom. The van der Waals surface area contributed by atoms with E-state index in [4.69, 9.17) is 0 Å². The largest absolute Gasteiger partial charge is 0.0998 e. The lowest BCUT2D eigenvalue weighted by atomic mass is 9.99. The van der Waals surface area contributed by atoms with Gasteiger partial charge in [-0.05, 0) is 19.3 Å². The maximum Gasteiger partial charge on any atom is -0.0286 e. The van der Waals surface area contributed by atoms with Gasteiger partial charge in [-0.25, -0.2) is 0 Å². The Morgan fingerprint density at radius 2 is 2.11 bits per heavy atom. The van der Waals surface area contributed by atoms with Crippen LogP contribution in [-0.2, 0) is 0 Å². The van der Waals surface area contributed by atoms with Crippen molar-refractivity contribution < 1.29 is 0 Å². The third-order valence-corrected chi connectivity index (χ3v) is 1.42. The molecule has 0 aliphatic rings. The zero-order valence-corrected chi connectivity index (χ0v) is 6.61. The van der Waals surface area contributed by atoms with Crippen LogP contribution in [0.3, 0.4) is 0 Å². The summed E-state index contributed by atoms with van der Waals surface area (Å²) in [5, 5.41) is 0. The van der Waals surface area contributed by atoms with Crippen LogP contribution in [0.25, 0.3) is 0 Å². The summed E-state index contributed by atoms with van der Waals surface area (Å²) >= 11 is 0. The van der Waals surface area contributed by atoms with E-state index in [1.165, 1.54) is 12.8 Å². The Bertz CT molecular complexity index is 82.0. The molecule has 1 radical (unpaired) electrons. The molecule has 0 bridgehead atoms. The fraction of sp³-hybridized carbons (Fsp3) is 0.667. The van der Waals surface area contributed by atoms with Crippen molar-refractivity contribution >= 4 is 0 Å². The van der Waals surface area contributed by atoms with Crippen molar-refractivity contribution in [3.8, 4) is 0 Å². The number of hydrogen-bond acceptors (Lipinski definition) is 0. The molecule has 0 spiro atoms. The molecule has 0 heteroatoms. The molecule has 0 rings (SSSR count). The second-order valence-electron chi connectivity index (χ2n) is 2.85. The van der Waals surface area contributed by atoms with E-state index in [2.05, 4.69) is 27.4 Å². The van der Waals surface area contributed by atoms with Gasteiger partial charge in [0.1, 0.15) is 0 Å². The predicted octanol–water partition coefficient (Wildman–Crippen LogP) is 3.20. The van der Waals surface area contributed by atoms with Crippen molar-refractivity contribution in [2.24, 2.45) is 5.92 Å². The Balaban J connectivity index is 3.26. The van der Waals surface area contributed by atoms with Crippen molar-refractivity contribution in [2.75, 3.05) is 0 Å². The van der Waals surface area contributed by atoms with Gasteiger partial charge in [0.25, 0.3) is 0 Å². The average molecular weight is 125 g/mol. The van der Waals surface area contributed by atoms with Crippen molar-refractivity contribution in [1.29, 1.82) is 0 Å². The van der Waals surface area contributed by atoms with Crippen LogP contribution in [-0.4, -0.2) is 0 Å². The second-order valence-corrected chi connectivity index (χ2v) is 2.85. The molecule has 1 unspecified atom stereocenters. The van der Waals surface area contributed by atoms with Crippen molar-refractivity contribution in [3.05, 3.63) is 19.1 Å². The lowest BCUT2D eigenvalue weighted by Gasteiger charge is -2.07. The van der Waals surface area contributed by atoms with Crippen LogP contribution in [0.5, 0.6) is 0 Å². The Kier molecular flexibility index (Phi) is 4.47. The number of hydrogen-bond donors (Lipinski definition) is 0. The van der Waals surface area contributed by atoms with E-state index in [1.54, 1.807) is 0 Å². The third-order valence-electron chi connectivity index (χ3n) is 1.42. The van der Waals surface area contributed by atoms with Crippen LogP contribution in [0.2, 0.25) is 0 Å². The Labute approximate surface area is 59.0 Å². The molecule has 0 saturated carbocycles. The van der Waals surface area contributed by atoms with Gasteiger partial charge in [0.15, 0.2) is 0 Å². The second kappa shape index (κ2) is 4.60. The Hall–Kier alpha value is -0.260. The molecule has 53 valence electrons. The van der Waals surface area contributed by atoms with Crippen molar-refractivity contribution in [1.82, 2.24) is 0 Å². The standard InChI is InChI=1S/C9H17/c1-5-6-9(4)7-8(2)3/h9H,2-3,5-7H2,1,4H3. The summed E-state index contributed by atoms with van der Waals surface area (Å²) in [7, 11) is 0. The van der Waals surface area contributed by atoms with E-state index < -0.39 is 0 Å². The van der Waals surface area contributed by atoms with Crippen molar-refractivity contribution in [2.45, 2.75) is 33.1 Å². The first-order chi connectivity index (χ1) is 4.16. The van der Waals surface area contributed by atoms with E-state index >= 15 is 0 Å². The van der Waals surface area contributed by atoms with Gasteiger partial charge in [0.2, 0.25) is 0 Å². The molecular weight excluding hydrogens is 108 g/mol. The first-order valence-electron chi connectivity index (χ1n) is 3.66. The van der Waals surface area contributed by atoms with E-state index in [1.807, 2.05) is 0 Å². The van der Waals surface area contributed by atoms with Crippen LogP contribution in [0, 0.1) is 12.8 Å². The molecular formula is C9H17. The average Bonchev–Trinajstić information content (AvgIpc) is 1.63. The number of allylic oxidation sites excluding steroid dienone is 1. The van der Waals surface area contributed by atoms with Gasteiger partial charge in [0, 0.05) is 0 Å². The van der Waals surface area contributed by atoms with E-state index in [-0.39, 0.29) is 0 Å². The molecule has 0 nitrogen and oxygen atoms in total. The third kappa shape index (κ3) is 5.61. The molecule has 0 heterocycles. The van der Waals surface area contributed by atoms with Gasteiger partial charge in [-0.1, -0.05) is 38.8 Å². The normalized spacial score (nSPS) is 13.2. The molecule has 0 fully saturated rings. The highest BCUT2D eigenvalue weighted by Gasteiger charge is 1.98. The first-order valence-corrected chi connectivity index (χ1v) is 3.66. The predicted molar refractivity (Wildman–Crippen MR) is 43.2 cm³/mol. The molecule has 0 aromatic rings. The van der Waals surface area contributed by atoms with Crippen LogP contribution in [0.15, 0.2) is 12.2 Å². The Morgan fingerprint density at radius 1 is 1.56 bits per heavy atom. The monoisotopic (exact) mass is 125 g/mol. The summed E-state index contributed by atoms with van der Waals surface area (Å²) in [5.74, 6) is 0.778. The van der Waals surface area contributed by atoms with Crippen LogP contribution in [0.1, 0.15) is 33.1 Å². The topological polar surface area (TPSA) is 0 Å². The molecule has 0 amide bonds. The van der Waals surface area contributed by atoms with Gasteiger partial charge < -0.3 is 0 Å². The molecule has 9 heavy (non-hydrogen) atoms. The zero-order valence-electron chi connectivity index (χ0n) is 6.61. The molecule has 0 aromatic heterocycles. The molecule has 0 saturated heterocycles. The maximum absolute atomic E-state index is 3.77. The summed E-state index contributed by atoms with van der Waals surface area (Å²) in [6, 6.07) is 0. The van der Waals surface area contributed by atoms with Gasteiger partial charge in [0.05, 0.1) is 0 Å². The summed E-state index contributed by atoms with van der Waals surface area (Å²) in [6.07, 6.45) is 3.66. The molecule has 0 aromatic carbocycles. The van der Waals surface area contributed by atoms with Gasteiger partial charge >= 0.3 is 0 Å². The van der Waals surface area contributed by atoms with Crippen LogP contribution in [0.4, 0.5) is 0 Å². The lowest BCUT2D eigenvalue weighted by Crippen LogP contribution is -1.93. The van der Waals surface area contributed by atoms with Gasteiger partial charge in [-0.3, -0.25) is 0 Å². The molecule has 0 aliphatic carbocycles. The minimum absolute atomic E-state index is 0.778. The first kappa shape index (κ1) is 8.74. The van der Waals surface area contributed by atoms with Crippen LogP contribution >= 0.6 is 0 Å². The SMILES string of the molecule is [CH2]C(=C)CC(C)CCC. The van der Waals surface area contributed by atoms with E-state index in [0.29, 0.717) is 0 Å². The van der Waals surface area contributed by atoms with Gasteiger partial charge in [-0.2, -0.15) is 0 Å². The molecule has 1 atom stereocenters. The van der Waals surface area contributed by atoms with E-state index in [9.17, 15) is 0 Å². The quantitative estimate of drug-likeness (QED) is 0.541. The van der Waals surface area contributed by atoms with E-state index in [0.717, 1.165) is 17.9 Å². The summed E-state index contributed by atoms with van der Waals surface area (Å²) < 4.78 is 0. The maximum atomic E-state index is 3.77. The molecule has 0 aliphatic heterocycles. The van der Waals surface area contributed by atoms with Crippen LogP contribution < -0.4 is 0 Å². The summed E-state index contributed by atoms with van der Waals surface area (Å²) in [5.41, 5.74) is 1.07. The minimum Gasteiger partial charge on any atom is -0.0998 e. The van der Waals surface area contributed by atoms with Crippen molar-refractivity contribution in [3.63, 3.8) is 0 Å². The highest BCUT2D eigenvalue weighted by molar-refractivity contribution is 4.98. The van der Waals surface area contributed by atoms with Gasteiger partial charge in [-0.15, -0.1) is 0 Å². The smallest absolute Gasteiger partial charge is 0.0286 e. The highest BCUT2D eigenvalue weighted by Crippen LogP contribution is 2.13. The minimum atomic E-state index is 0.778. The highest BCUT2D eigenvalue weighted by atomic mass is 14.0. The summed E-state index contributed by atoms with van der Waals surface area (Å²) in [6.45, 7) is 12.0.